The molecule has 4 N–H and O–H groups in total. The first kappa shape index (κ1) is 14.0. The Hall–Kier alpha value is -1.04. The van der Waals surface area contributed by atoms with Crippen LogP contribution in [0.3, 0.4) is 0 Å². The zero-order valence-electron chi connectivity index (χ0n) is 10.6. The topological polar surface area (TPSA) is 70.5 Å². The van der Waals surface area contributed by atoms with E-state index in [2.05, 4.69) is 13.8 Å². The van der Waals surface area contributed by atoms with Crippen LogP contribution in [-0.4, -0.2) is 34.1 Å². The van der Waals surface area contributed by atoms with E-state index in [1.54, 1.807) is 0 Å². The van der Waals surface area contributed by atoms with Crippen molar-refractivity contribution in [3.05, 3.63) is 24.3 Å². The van der Waals surface area contributed by atoms with Crippen LogP contribution in [0.15, 0.2) is 24.3 Å². The van der Waals surface area contributed by atoms with Crippen LogP contribution in [0.2, 0.25) is 0 Å². The molecule has 1 rings (SSSR count). The van der Waals surface area contributed by atoms with Gasteiger partial charge in [-0.25, -0.2) is 0 Å². The number of nitrogen functional groups attached to an aromatic ring is 1. The number of rotatable bonds is 7. The van der Waals surface area contributed by atoms with Crippen LogP contribution in [0.4, 0.5) is 5.69 Å². The number of benzene rings is 1. The van der Waals surface area contributed by atoms with Gasteiger partial charge in [0.1, 0.15) is 15.3 Å². The molecule has 0 aliphatic carbocycles. The summed E-state index contributed by atoms with van der Waals surface area (Å²) in [5, 5.41) is 0. The van der Waals surface area contributed by atoms with Gasteiger partial charge >= 0.3 is 0 Å². The predicted octanol–water partition coefficient (Wildman–Crippen LogP) is 0.484. The third-order valence-corrected chi connectivity index (χ3v) is 4.13. The molecule has 0 heterocycles. The van der Waals surface area contributed by atoms with Gasteiger partial charge in [-0.3, -0.25) is 0 Å². The molecule has 1 aromatic carbocycles. The van der Waals surface area contributed by atoms with Crippen LogP contribution in [-0.2, 0) is 4.74 Å². The summed E-state index contributed by atoms with van der Waals surface area (Å²) < 4.78 is 11.4. The van der Waals surface area contributed by atoms with Gasteiger partial charge in [0, 0.05) is 18.0 Å². The predicted molar refractivity (Wildman–Crippen MR) is 74.0 cm³/mol. The fourth-order valence-corrected chi connectivity index (χ4v) is 3.16. The quantitative estimate of drug-likeness (QED) is 0.548. The molecule has 0 fully saturated rings. The summed E-state index contributed by atoms with van der Waals surface area (Å²) in [6.45, 7) is 5.38. The second-order valence-corrected chi connectivity index (χ2v) is 6.97. The third-order valence-electron chi connectivity index (χ3n) is 2.40. The highest BCUT2D eigenvalue weighted by Crippen LogP contribution is 2.14. The average Bonchev–Trinajstić information content (AvgIpc) is 2.29. The second kappa shape index (κ2) is 7.32. The summed E-state index contributed by atoms with van der Waals surface area (Å²) in [7, 11) is -0.445. The molecule has 0 radical (unpaired) electrons. The van der Waals surface area contributed by atoms with Crippen molar-refractivity contribution in [3.63, 3.8) is 0 Å². The Morgan fingerprint density at radius 3 is 2.41 bits per heavy atom. The lowest BCUT2D eigenvalue weighted by Gasteiger charge is -2.18. The van der Waals surface area contributed by atoms with Crippen LogP contribution in [0, 0.1) is 0 Å². The normalized spacial score (nSPS) is 15.0. The van der Waals surface area contributed by atoms with Crippen LogP contribution >= 0.6 is 0 Å². The highest BCUT2D eigenvalue weighted by molar-refractivity contribution is 6.38. The minimum absolute atomic E-state index is 0.242. The SMILES string of the molecule is CC(OCCN)[SiH2]C(C)Oc1ccc(N)cc1. The fraction of sp³-hybridized carbons (Fsp3) is 0.500. The van der Waals surface area contributed by atoms with Crippen molar-refractivity contribution in [1.29, 1.82) is 0 Å². The molecular formula is C12H22N2O2Si. The van der Waals surface area contributed by atoms with Gasteiger partial charge < -0.3 is 20.9 Å². The van der Waals surface area contributed by atoms with Gasteiger partial charge in [-0.1, -0.05) is 0 Å². The van der Waals surface area contributed by atoms with Gasteiger partial charge in [-0.2, -0.15) is 0 Å². The van der Waals surface area contributed by atoms with Gasteiger partial charge in [0.2, 0.25) is 0 Å². The Morgan fingerprint density at radius 1 is 1.18 bits per heavy atom. The molecule has 96 valence electrons. The van der Waals surface area contributed by atoms with Crippen LogP contribution in [0.5, 0.6) is 5.75 Å². The molecule has 0 saturated heterocycles. The minimum Gasteiger partial charge on any atom is -0.495 e. The van der Waals surface area contributed by atoms with E-state index in [0.717, 1.165) is 11.4 Å². The zero-order valence-corrected chi connectivity index (χ0v) is 12.0. The molecule has 2 unspecified atom stereocenters. The maximum Gasteiger partial charge on any atom is 0.119 e. The molecule has 4 nitrogen and oxygen atoms in total. The van der Waals surface area contributed by atoms with Crippen molar-refractivity contribution >= 4 is 15.2 Å². The molecule has 0 aliphatic heterocycles. The molecule has 5 heteroatoms. The third kappa shape index (κ3) is 5.72. The van der Waals surface area contributed by atoms with Gasteiger partial charge in [0.15, 0.2) is 0 Å². The number of hydrogen-bond donors (Lipinski definition) is 2. The first-order valence-electron chi connectivity index (χ1n) is 5.95. The van der Waals surface area contributed by atoms with Gasteiger partial charge in [0.25, 0.3) is 0 Å². The molecule has 0 saturated carbocycles. The van der Waals surface area contributed by atoms with Crippen molar-refractivity contribution in [1.82, 2.24) is 0 Å². The molecule has 2 atom stereocenters. The van der Waals surface area contributed by atoms with E-state index in [0.29, 0.717) is 18.9 Å². The average molecular weight is 254 g/mol. The van der Waals surface area contributed by atoms with E-state index < -0.39 is 9.52 Å². The summed E-state index contributed by atoms with van der Waals surface area (Å²) in [4.78, 5) is 0. The van der Waals surface area contributed by atoms with Gasteiger partial charge in [-0.05, 0) is 38.1 Å². The number of anilines is 1. The van der Waals surface area contributed by atoms with Crippen molar-refractivity contribution in [3.8, 4) is 5.75 Å². The Bertz CT molecular complexity index is 319. The van der Waals surface area contributed by atoms with E-state index in [1.165, 1.54) is 0 Å². The molecule has 1 aromatic rings. The Morgan fingerprint density at radius 2 is 1.82 bits per heavy atom. The number of ether oxygens (including phenoxy) is 2. The first-order valence-corrected chi connectivity index (χ1v) is 7.59. The van der Waals surface area contributed by atoms with Crippen LogP contribution in [0.1, 0.15) is 13.8 Å². The van der Waals surface area contributed by atoms with Crippen molar-refractivity contribution in [2.75, 3.05) is 18.9 Å². The van der Waals surface area contributed by atoms with Gasteiger partial charge in [0.05, 0.1) is 12.3 Å². The van der Waals surface area contributed by atoms with E-state index in [1.807, 2.05) is 24.3 Å². The minimum atomic E-state index is -0.445. The van der Waals surface area contributed by atoms with Gasteiger partial charge in [-0.15, -0.1) is 0 Å². The highest BCUT2D eigenvalue weighted by Gasteiger charge is 2.11. The molecule has 0 aliphatic rings. The Balaban J connectivity index is 2.33. The smallest absolute Gasteiger partial charge is 0.119 e. The van der Waals surface area contributed by atoms with E-state index in [-0.39, 0.29) is 5.73 Å². The number of hydrogen-bond acceptors (Lipinski definition) is 4. The van der Waals surface area contributed by atoms with Crippen molar-refractivity contribution in [2.24, 2.45) is 5.73 Å². The Kier molecular flexibility index (Phi) is 6.03. The maximum atomic E-state index is 5.81. The summed E-state index contributed by atoms with van der Waals surface area (Å²) >= 11 is 0. The lowest BCUT2D eigenvalue weighted by molar-refractivity contribution is 0.119. The molecule has 0 amide bonds. The standard InChI is InChI=1S/C12H22N2O2Si/c1-9(15-8-7-13)17-10(2)16-12-5-3-11(14)4-6-12/h3-6,9-10H,7-8,13-14,17H2,1-2H3. The molecule has 0 bridgehead atoms. The summed E-state index contributed by atoms with van der Waals surface area (Å²) in [5.74, 6) is 0.866. The highest BCUT2D eigenvalue weighted by atomic mass is 28.2. The fourth-order valence-electron chi connectivity index (χ4n) is 1.63. The van der Waals surface area contributed by atoms with E-state index in [9.17, 15) is 0 Å². The van der Waals surface area contributed by atoms with E-state index >= 15 is 0 Å². The summed E-state index contributed by atoms with van der Waals surface area (Å²) in [5.41, 5.74) is 12.3. The molecular weight excluding hydrogens is 232 g/mol. The van der Waals surface area contributed by atoms with E-state index in [4.69, 9.17) is 20.9 Å². The molecule has 0 spiro atoms. The zero-order chi connectivity index (χ0) is 12.7. The van der Waals surface area contributed by atoms with Crippen LogP contribution < -0.4 is 16.2 Å². The monoisotopic (exact) mass is 254 g/mol. The first-order chi connectivity index (χ1) is 8.11. The molecule has 0 aromatic heterocycles. The lowest BCUT2D eigenvalue weighted by Crippen LogP contribution is -2.32. The lowest BCUT2D eigenvalue weighted by atomic mass is 10.3. The van der Waals surface area contributed by atoms with Crippen LogP contribution in [0.25, 0.3) is 0 Å². The van der Waals surface area contributed by atoms with Crippen molar-refractivity contribution in [2.45, 2.75) is 25.3 Å². The molecule has 17 heavy (non-hydrogen) atoms. The summed E-state index contributed by atoms with van der Waals surface area (Å²) in [6, 6.07) is 7.48. The summed E-state index contributed by atoms with van der Waals surface area (Å²) in [6.07, 6.45) is 0. The number of nitrogens with two attached hydrogens (primary N) is 2. The maximum absolute atomic E-state index is 5.81. The van der Waals surface area contributed by atoms with Crippen molar-refractivity contribution < 1.29 is 9.47 Å². The Labute approximate surface area is 105 Å². The second-order valence-electron chi connectivity index (χ2n) is 4.20. The largest absolute Gasteiger partial charge is 0.495 e.